The number of ketones is 1. The molecule has 1 aliphatic rings. The van der Waals surface area contributed by atoms with Crippen LogP contribution in [0.2, 0.25) is 0 Å². The fourth-order valence-electron chi connectivity index (χ4n) is 2.20. The van der Waals surface area contributed by atoms with Gasteiger partial charge in [0.25, 0.3) is 0 Å². The monoisotopic (exact) mass is 208 g/mol. The molecule has 0 unspecified atom stereocenters. The van der Waals surface area contributed by atoms with Crippen LogP contribution in [0.4, 0.5) is 0 Å². The number of Topliss-reactive ketones (excluding diaryl/α,β-unsaturated/α-hetero) is 1. The molecule has 0 amide bonds. The molecule has 1 saturated carbocycles. The molecule has 1 heteroatoms. The van der Waals surface area contributed by atoms with Crippen molar-refractivity contribution in [2.24, 2.45) is 5.92 Å². The number of carbonyl (C=O) groups is 1. The Hall–Kier alpha value is -0.590. The fourth-order valence-corrected chi connectivity index (χ4v) is 2.20. The molecule has 0 aromatic heterocycles. The molecule has 0 N–H and O–H groups in total. The van der Waals surface area contributed by atoms with Crippen LogP contribution in [0.15, 0.2) is 12.2 Å². The number of hydrogen-bond acceptors (Lipinski definition) is 1. The molecule has 0 bridgehead atoms. The largest absolute Gasteiger partial charge is 0.300 e. The first-order valence-electron chi connectivity index (χ1n) is 6.51. The van der Waals surface area contributed by atoms with Crippen molar-refractivity contribution in [3.05, 3.63) is 12.2 Å². The van der Waals surface area contributed by atoms with Gasteiger partial charge in [0.2, 0.25) is 0 Å². The molecule has 1 rings (SSSR count). The zero-order valence-corrected chi connectivity index (χ0v) is 10.0. The molecular formula is C14H24O. The van der Waals surface area contributed by atoms with Crippen LogP contribution in [-0.2, 0) is 4.79 Å². The van der Waals surface area contributed by atoms with Crippen molar-refractivity contribution >= 4 is 5.78 Å². The molecule has 1 nitrogen and oxygen atoms in total. The van der Waals surface area contributed by atoms with Crippen LogP contribution in [0, 0.1) is 5.92 Å². The van der Waals surface area contributed by atoms with E-state index in [0.717, 1.165) is 19.3 Å². The maximum Gasteiger partial charge on any atom is 0.133 e. The molecule has 86 valence electrons. The lowest BCUT2D eigenvalue weighted by Gasteiger charge is -2.16. The van der Waals surface area contributed by atoms with Crippen LogP contribution in [0.25, 0.3) is 0 Å². The SMILES string of the molecule is CCCCCC/C=C/[C@H]1CCCC(=O)C1. The van der Waals surface area contributed by atoms with E-state index in [-0.39, 0.29) is 0 Å². The van der Waals surface area contributed by atoms with Gasteiger partial charge < -0.3 is 0 Å². The summed E-state index contributed by atoms with van der Waals surface area (Å²) in [6, 6.07) is 0. The van der Waals surface area contributed by atoms with Gasteiger partial charge in [-0.25, -0.2) is 0 Å². The average Bonchev–Trinajstić information content (AvgIpc) is 2.23. The van der Waals surface area contributed by atoms with Gasteiger partial charge in [0, 0.05) is 12.8 Å². The third-order valence-corrected chi connectivity index (χ3v) is 3.15. The van der Waals surface area contributed by atoms with E-state index in [9.17, 15) is 4.79 Å². The molecule has 15 heavy (non-hydrogen) atoms. The van der Waals surface area contributed by atoms with Crippen molar-refractivity contribution in [3.63, 3.8) is 0 Å². The van der Waals surface area contributed by atoms with Crippen molar-refractivity contribution in [3.8, 4) is 0 Å². The molecular weight excluding hydrogens is 184 g/mol. The lowest BCUT2D eigenvalue weighted by atomic mass is 9.88. The highest BCUT2D eigenvalue weighted by molar-refractivity contribution is 5.79. The van der Waals surface area contributed by atoms with Crippen molar-refractivity contribution < 1.29 is 4.79 Å². The Morgan fingerprint density at radius 1 is 1.33 bits per heavy atom. The zero-order chi connectivity index (χ0) is 10.9. The Morgan fingerprint density at radius 3 is 2.93 bits per heavy atom. The van der Waals surface area contributed by atoms with E-state index in [2.05, 4.69) is 19.1 Å². The van der Waals surface area contributed by atoms with Gasteiger partial charge in [-0.1, -0.05) is 38.3 Å². The molecule has 0 aromatic carbocycles. The van der Waals surface area contributed by atoms with Crippen LogP contribution >= 0.6 is 0 Å². The van der Waals surface area contributed by atoms with Gasteiger partial charge in [-0.05, 0) is 31.6 Å². The molecule has 0 spiro atoms. The molecule has 0 heterocycles. The Kier molecular flexibility index (Phi) is 6.38. The van der Waals surface area contributed by atoms with Crippen molar-refractivity contribution in [1.29, 1.82) is 0 Å². The van der Waals surface area contributed by atoms with Crippen molar-refractivity contribution in [2.75, 3.05) is 0 Å². The Morgan fingerprint density at radius 2 is 2.20 bits per heavy atom. The van der Waals surface area contributed by atoms with Gasteiger partial charge in [-0.2, -0.15) is 0 Å². The normalized spacial score (nSPS) is 22.5. The van der Waals surface area contributed by atoms with Gasteiger partial charge in [0.05, 0.1) is 0 Å². The number of unbranched alkanes of at least 4 members (excludes halogenated alkanes) is 4. The molecule has 0 aromatic rings. The van der Waals surface area contributed by atoms with E-state index in [1.54, 1.807) is 0 Å². The number of carbonyl (C=O) groups excluding carboxylic acids is 1. The first-order chi connectivity index (χ1) is 7.33. The second-order valence-electron chi connectivity index (χ2n) is 4.67. The number of hydrogen-bond donors (Lipinski definition) is 0. The van der Waals surface area contributed by atoms with E-state index in [4.69, 9.17) is 0 Å². The maximum absolute atomic E-state index is 11.2. The molecule has 1 aliphatic carbocycles. The quantitative estimate of drug-likeness (QED) is 0.470. The Bertz CT molecular complexity index is 205. The summed E-state index contributed by atoms with van der Waals surface area (Å²) in [6.07, 6.45) is 15.0. The molecule has 0 aliphatic heterocycles. The minimum absolute atomic E-state index is 0.460. The Labute approximate surface area is 93.9 Å². The van der Waals surface area contributed by atoms with Gasteiger partial charge in [0.1, 0.15) is 5.78 Å². The molecule has 1 atom stereocenters. The number of allylic oxidation sites excluding steroid dienone is 2. The second-order valence-corrected chi connectivity index (χ2v) is 4.67. The van der Waals surface area contributed by atoms with Gasteiger partial charge >= 0.3 is 0 Å². The fraction of sp³-hybridized carbons (Fsp3) is 0.786. The highest BCUT2D eigenvalue weighted by atomic mass is 16.1. The van der Waals surface area contributed by atoms with Crippen molar-refractivity contribution in [2.45, 2.75) is 64.7 Å². The molecule has 0 saturated heterocycles. The summed E-state index contributed by atoms with van der Waals surface area (Å²) in [4.78, 5) is 11.2. The van der Waals surface area contributed by atoms with Crippen LogP contribution in [-0.4, -0.2) is 5.78 Å². The highest BCUT2D eigenvalue weighted by Crippen LogP contribution is 2.22. The molecule has 0 radical (unpaired) electrons. The summed E-state index contributed by atoms with van der Waals surface area (Å²) < 4.78 is 0. The lowest BCUT2D eigenvalue weighted by molar-refractivity contribution is -0.121. The average molecular weight is 208 g/mol. The smallest absolute Gasteiger partial charge is 0.133 e. The van der Waals surface area contributed by atoms with Gasteiger partial charge in [-0.15, -0.1) is 0 Å². The van der Waals surface area contributed by atoms with Crippen LogP contribution in [0.5, 0.6) is 0 Å². The van der Waals surface area contributed by atoms with E-state index in [0.29, 0.717) is 11.7 Å². The summed E-state index contributed by atoms with van der Waals surface area (Å²) in [6.45, 7) is 2.24. The standard InChI is InChI=1S/C14H24O/c1-2-3-4-5-6-7-9-13-10-8-11-14(15)12-13/h7,9,13H,2-6,8,10-12H2,1H3/b9-7+/t13-/m0/s1. The van der Waals surface area contributed by atoms with E-state index in [1.165, 1.54) is 38.5 Å². The third kappa shape index (κ3) is 5.76. The van der Waals surface area contributed by atoms with Gasteiger partial charge in [0.15, 0.2) is 0 Å². The summed E-state index contributed by atoms with van der Waals surface area (Å²) in [5, 5.41) is 0. The predicted octanol–water partition coefficient (Wildman–Crippen LogP) is 4.27. The first kappa shape index (κ1) is 12.5. The van der Waals surface area contributed by atoms with Crippen LogP contribution in [0.3, 0.4) is 0 Å². The second kappa shape index (κ2) is 7.67. The molecule has 1 fully saturated rings. The summed E-state index contributed by atoms with van der Waals surface area (Å²) >= 11 is 0. The van der Waals surface area contributed by atoms with E-state index >= 15 is 0 Å². The lowest BCUT2D eigenvalue weighted by Crippen LogP contribution is -2.12. The Balaban J connectivity index is 2.06. The van der Waals surface area contributed by atoms with E-state index in [1.807, 2.05) is 0 Å². The van der Waals surface area contributed by atoms with Crippen molar-refractivity contribution in [1.82, 2.24) is 0 Å². The minimum atomic E-state index is 0.460. The van der Waals surface area contributed by atoms with E-state index < -0.39 is 0 Å². The predicted molar refractivity (Wildman–Crippen MR) is 64.9 cm³/mol. The summed E-state index contributed by atoms with van der Waals surface area (Å²) in [5.41, 5.74) is 0. The summed E-state index contributed by atoms with van der Waals surface area (Å²) in [5.74, 6) is 1.01. The number of rotatable bonds is 6. The van der Waals surface area contributed by atoms with Crippen LogP contribution < -0.4 is 0 Å². The van der Waals surface area contributed by atoms with Crippen LogP contribution in [0.1, 0.15) is 64.7 Å². The topological polar surface area (TPSA) is 17.1 Å². The third-order valence-electron chi connectivity index (χ3n) is 3.15. The van der Waals surface area contributed by atoms with Gasteiger partial charge in [-0.3, -0.25) is 4.79 Å². The maximum atomic E-state index is 11.2. The zero-order valence-electron chi connectivity index (χ0n) is 10.0. The first-order valence-corrected chi connectivity index (χ1v) is 6.51. The highest BCUT2D eigenvalue weighted by Gasteiger charge is 2.16. The summed E-state index contributed by atoms with van der Waals surface area (Å²) in [7, 11) is 0. The minimum Gasteiger partial charge on any atom is -0.300 e.